The average Bonchev–Trinajstić information content (AvgIpc) is 3.54. The molecule has 0 saturated carbocycles. The van der Waals surface area contributed by atoms with Gasteiger partial charge in [0.15, 0.2) is 17.3 Å². The van der Waals surface area contributed by atoms with Crippen LogP contribution in [0.15, 0.2) is 11.1 Å². The number of nitrogens with zero attached hydrogens (tertiary/aromatic N) is 3. The quantitative estimate of drug-likeness (QED) is 0.168. The number of carbonyl (C=O) groups is 2. The van der Waals surface area contributed by atoms with Gasteiger partial charge in [-0.05, 0) is 18.8 Å². The highest BCUT2D eigenvalue weighted by Gasteiger charge is 2.39. The first-order valence-corrected chi connectivity index (χ1v) is 15.3. The zero-order valence-electron chi connectivity index (χ0n) is 25.1. The Hall–Kier alpha value is -3.06. The highest BCUT2D eigenvalue weighted by Crippen LogP contribution is 2.32. The molecule has 0 bridgehead atoms. The van der Waals surface area contributed by atoms with Gasteiger partial charge in [0.05, 0.1) is 6.33 Å². The minimum atomic E-state index is -1.46. The number of aromatic nitrogens is 4. The lowest BCUT2D eigenvalue weighted by Crippen LogP contribution is -2.41. The second-order valence-corrected chi connectivity index (χ2v) is 11.5. The second-order valence-electron chi connectivity index (χ2n) is 11.5. The molecule has 1 aliphatic heterocycles. The van der Waals surface area contributed by atoms with E-state index in [0.717, 1.165) is 19.3 Å². The van der Waals surface area contributed by atoms with Gasteiger partial charge >= 0.3 is 11.9 Å². The van der Waals surface area contributed by atoms with Gasteiger partial charge in [0, 0.05) is 6.42 Å². The number of carbonyl (C=O) groups excluding carboxylic acids is 2. The van der Waals surface area contributed by atoms with Crippen molar-refractivity contribution in [3.05, 3.63) is 16.7 Å². The normalized spacial score (nSPS) is 20.2. The molecule has 0 amide bonds. The number of aromatic amines is 1. The van der Waals surface area contributed by atoms with Crippen molar-refractivity contribution < 1.29 is 28.2 Å². The van der Waals surface area contributed by atoms with Crippen LogP contribution in [0.3, 0.4) is 0 Å². The molecular weight excluding hydrogens is 547 g/mol. The standard InChI is InChI=1S/C29H47FN6O6/c1-4-5-6-7-8-9-10-11-12-13-14-20(42-28(39)23(31)18(2)3)27(38)40-16-21-19(30)15-22(41-21)36-17-33-24-25(36)34-29(32)35-26(24)37/h17-23H,4-16,31H2,1-3H3,(H3,32,34,35,37)/t19-,20?,21+,22+,23-/m0/s1. The van der Waals surface area contributed by atoms with Crippen molar-refractivity contribution >= 4 is 29.1 Å². The van der Waals surface area contributed by atoms with Crippen LogP contribution in [0, 0.1) is 5.92 Å². The van der Waals surface area contributed by atoms with E-state index in [1.807, 2.05) is 0 Å². The van der Waals surface area contributed by atoms with E-state index in [-0.39, 0.29) is 36.1 Å². The maximum atomic E-state index is 14.9. The summed E-state index contributed by atoms with van der Waals surface area (Å²) in [4.78, 5) is 48.1. The lowest BCUT2D eigenvalue weighted by atomic mass is 10.0. The fourth-order valence-electron chi connectivity index (χ4n) is 4.95. The summed E-state index contributed by atoms with van der Waals surface area (Å²) in [5.74, 6) is -1.70. The number of alkyl halides is 1. The Balaban J connectivity index is 1.52. The highest BCUT2D eigenvalue weighted by molar-refractivity contribution is 5.82. The van der Waals surface area contributed by atoms with Gasteiger partial charge in [0.1, 0.15) is 31.2 Å². The van der Waals surface area contributed by atoms with Crippen molar-refractivity contribution in [3.8, 4) is 0 Å². The molecule has 0 aromatic carbocycles. The maximum Gasteiger partial charge on any atom is 0.347 e. The van der Waals surface area contributed by atoms with Gasteiger partial charge in [0.2, 0.25) is 5.95 Å². The van der Waals surface area contributed by atoms with Gasteiger partial charge in [-0.1, -0.05) is 78.6 Å². The number of ether oxygens (including phenoxy) is 3. The second kappa shape index (κ2) is 16.5. The van der Waals surface area contributed by atoms with Crippen LogP contribution in [0.25, 0.3) is 11.2 Å². The first kappa shape index (κ1) is 33.4. The number of fused-ring (bicyclic) bond motifs is 1. The Bertz CT molecular complexity index is 1200. The fraction of sp³-hybridized carbons (Fsp3) is 0.759. The molecule has 2 aromatic rings. The van der Waals surface area contributed by atoms with E-state index < -0.39 is 48.1 Å². The molecule has 13 heteroatoms. The summed E-state index contributed by atoms with van der Waals surface area (Å²) < 4.78 is 33.0. The minimum Gasteiger partial charge on any atom is -0.460 e. The number of unbranched alkanes of at least 4 members (excludes halogenated alkanes) is 9. The number of imidazole rings is 1. The lowest BCUT2D eigenvalue weighted by Gasteiger charge is -2.22. The predicted molar refractivity (Wildman–Crippen MR) is 156 cm³/mol. The molecule has 3 rings (SSSR count). The van der Waals surface area contributed by atoms with Crippen LogP contribution in [0.4, 0.5) is 10.3 Å². The van der Waals surface area contributed by atoms with Crippen molar-refractivity contribution in [2.24, 2.45) is 11.7 Å². The molecule has 1 saturated heterocycles. The van der Waals surface area contributed by atoms with Crippen LogP contribution in [0.2, 0.25) is 0 Å². The Morgan fingerprint density at radius 3 is 2.40 bits per heavy atom. The SMILES string of the molecule is CCCCCCCCCCCCC(OC(=O)[C@@H](N)C(C)C)C(=O)OC[C@H]1O[C@@H](n2cnc3c(=O)[nH]c(N)nc32)C[C@@H]1F. The molecule has 1 aliphatic rings. The van der Waals surface area contributed by atoms with Crippen molar-refractivity contribution in [3.63, 3.8) is 0 Å². The number of hydrogen-bond acceptors (Lipinski definition) is 10. The third-order valence-corrected chi connectivity index (χ3v) is 7.64. The number of esters is 2. The Morgan fingerprint density at radius 2 is 1.76 bits per heavy atom. The molecule has 3 heterocycles. The van der Waals surface area contributed by atoms with Crippen molar-refractivity contribution in [2.75, 3.05) is 12.3 Å². The number of anilines is 1. The molecule has 0 aliphatic carbocycles. The monoisotopic (exact) mass is 594 g/mol. The molecular formula is C29H47FN6O6. The summed E-state index contributed by atoms with van der Waals surface area (Å²) in [5.41, 5.74) is 11.3. The Morgan fingerprint density at radius 1 is 1.12 bits per heavy atom. The third kappa shape index (κ3) is 9.48. The van der Waals surface area contributed by atoms with E-state index in [4.69, 9.17) is 25.7 Å². The Labute approximate surface area is 246 Å². The lowest BCUT2D eigenvalue weighted by molar-refractivity contribution is -0.172. The molecule has 236 valence electrons. The van der Waals surface area contributed by atoms with Gasteiger partial charge < -0.3 is 25.7 Å². The highest BCUT2D eigenvalue weighted by atomic mass is 19.1. The summed E-state index contributed by atoms with van der Waals surface area (Å²) in [6.45, 7) is 5.42. The number of halogens is 1. The molecule has 0 spiro atoms. The van der Waals surface area contributed by atoms with Crippen LogP contribution in [-0.4, -0.2) is 62.5 Å². The van der Waals surface area contributed by atoms with Crippen LogP contribution >= 0.6 is 0 Å². The largest absolute Gasteiger partial charge is 0.460 e. The molecule has 5 N–H and O–H groups in total. The van der Waals surface area contributed by atoms with Crippen LogP contribution < -0.4 is 17.0 Å². The number of hydrogen-bond donors (Lipinski definition) is 3. The first-order chi connectivity index (χ1) is 20.1. The minimum absolute atomic E-state index is 0.0503. The topological polar surface area (TPSA) is 177 Å². The number of nitrogens with two attached hydrogens (primary N) is 2. The summed E-state index contributed by atoms with van der Waals surface area (Å²) in [6.07, 6.45) is 8.29. The van der Waals surface area contributed by atoms with E-state index in [1.165, 1.54) is 49.4 Å². The predicted octanol–water partition coefficient (Wildman–Crippen LogP) is 4.08. The van der Waals surface area contributed by atoms with Crippen LogP contribution in [-0.2, 0) is 23.8 Å². The zero-order valence-corrected chi connectivity index (χ0v) is 25.1. The molecule has 1 fully saturated rings. The zero-order chi connectivity index (χ0) is 30.6. The van der Waals surface area contributed by atoms with Crippen molar-refractivity contribution in [1.82, 2.24) is 19.5 Å². The summed E-state index contributed by atoms with van der Waals surface area (Å²) in [6, 6.07) is -0.873. The Kier molecular flexibility index (Phi) is 13.2. The summed E-state index contributed by atoms with van der Waals surface area (Å²) in [5, 5.41) is 0. The number of rotatable bonds is 18. The number of nitrogen functional groups attached to an aromatic ring is 1. The first-order valence-electron chi connectivity index (χ1n) is 15.3. The third-order valence-electron chi connectivity index (χ3n) is 7.64. The molecule has 12 nitrogen and oxygen atoms in total. The maximum absolute atomic E-state index is 14.9. The van der Waals surface area contributed by atoms with Gasteiger partial charge in [-0.15, -0.1) is 0 Å². The number of H-pyrrole nitrogens is 1. The molecule has 1 unspecified atom stereocenters. The molecule has 5 atom stereocenters. The van der Waals surface area contributed by atoms with Crippen molar-refractivity contribution in [2.45, 2.75) is 128 Å². The summed E-state index contributed by atoms with van der Waals surface area (Å²) in [7, 11) is 0. The summed E-state index contributed by atoms with van der Waals surface area (Å²) >= 11 is 0. The van der Waals surface area contributed by atoms with Gasteiger partial charge in [-0.3, -0.25) is 19.1 Å². The number of nitrogens with one attached hydrogen (secondary N) is 1. The van der Waals surface area contributed by atoms with Crippen LogP contribution in [0.5, 0.6) is 0 Å². The smallest absolute Gasteiger partial charge is 0.347 e. The van der Waals surface area contributed by atoms with Gasteiger partial charge in [-0.2, -0.15) is 4.98 Å². The van der Waals surface area contributed by atoms with Gasteiger partial charge in [-0.25, -0.2) is 14.2 Å². The molecule has 0 radical (unpaired) electrons. The van der Waals surface area contributed by atoms with E-state index in [1.54, 1.807) is 13.8 Å². The fourth-order valence-corrected chi connectivity index (χ4v) is 4.95. The van der Waals surface area contributed by atoms with Crippen LogP contribution in [0.1, 0.15) is 104 Å². The average molecular weight is 595 g/mol. The van der Waals surface area contributed by atoms with E-state index in [9.17, 15) is 18.8 Å². The van der Waals surface area contributed by atoms with Crippen molar-refractivity contribution in [1.29, 1.82) is 0 Å². The van der Waals surface area contributed by atoms with E-state index in [2.05, 4.69) is 21.9 Å². The molecule has 42 heavy (non-hydrogen) atoms. The van der Waals surface area contributed by atoms with E-state index >= 15 is 0 Å². The molecule has 2 aromatic heterocycles. The van der Waals surface area contributed by atoms with Gasteiger partial charge in [0.25, 0.3) is 5.56 Å². The van der Waals surface area contributed by atoms with E-state index in [0.29, 0.717) is 12.8 Å².